The number of halogens is 1. The number of amides is 1. The molecule has 0 fully saturated rings. The molecule has 0 atom stereocenters. The molecule has 0 radical (unpaired) electrons. The van der Waals surface area contributed by atoms with Crippen LogP contribution < -0.4 is 5.43 Å². The van der Waals surface area contributed by atoms with E-state index in [1.54, 1.807) is 30.6 Å². The molecule has 0 aliphatic rings. The van der Waals surface area contributed by atoms with Crippen LogP contribution in [0.15, 0.2) is 47.8 Å². The monoisotopic (exact) mass is 331 g/mol. The number of hydrazone groups is 1. The maximum absolute atomic E-state index is 11.9. The summed E-state index contributed by atoms with van der Waals surface area (Å²) in [6.07, 6.45) is 4.82. The third-order valence-corrected chi connectivity index (χ3v) is 3.98. The summed E-state index contributed by atoms with van der Waals surface area (Å²) in [5.41, 5.74) is 4.19. The number of carbonyl (C=O) groups excluding carboxylic acids is 1. The van der Waals surface area contributed by atoms with Gasteiger partial charge in [0.2, 0.25) is 0 Å². The first-order chi connectivity index (χ1) is 10.7. The average molecular weight is 332 g/mol. The summed E-state index contributed by atoms with van der Waals surface area (Å²) in [5.74, 6) is -0.398. The van der Waals surface area contributed by atoms with Gasteiger partial charge in [-0.1, -0.05) is 17.7 Å². The molecule has 3 aromatic heterocycles. The van der Waals surface area contributed by atoms with Crippen molar-refractivity contribution in [2.75, 3.05) is 0 Å². The summed E-state index contributed by atoms with van der Waals surface area (Å²) in [6.45, 7) is 0. The molecule has 110 valence electrons. The van der Waals surface area contributed by atoms with Crippen LogP contribution in [-0.4, -0.2) is 27.3 Å². The normalized spacial score (nSPS) is 11.0. The van der Waals surface area contributed by atoms with Gasteiger partial charge in [0.05, 0.1) is 21.1 Å². The number of H-pyrrole nitrogens is 1. The van der Waals surface area contributed by atoms with Crippen LogP contribution >= 0.6 is 22.9 Å². The molecule has 3 rings (SSSR count). The highest BCUT2D eigenvalue weighted by Gasteiger charge is 2.11. The molecule has 3 heterocycles. The number of aromatic nitrogens is 3. The second kappa shape index (κ2) is 6.50. The molecule has 0 saturated heterocycles. The summed E-state index contributed by atoms with van der Waals surface area (Å²) in [5, 5.41) is 10.6. The number of nitrogens with one attached hydrogen (secondary N) is 2. The third-order valence-electron chi connectivity index (χ3n) is 2.71. The Balaban J connectivity index is 1.66. The van der Waals surface area contributed by atoms with Crippen molar-refractivity contribution in [2.24, 2.45) is 5.10 Å². The maximum atomic E-state index is 11.9. The molecule has 22 heavy (non-hydrogen) atoms. The Morgan fingerprint density at radius 1 is 1.41 bits per heavy atom. The Hall–Kier alpha value is -2.51. The number of thiophene rings is 1. The zero-order chi connectivity index (χ0) is 15.4. The van der Waals surface area contributed by atoms with E-state index in [4.69, 9.17) is 11.6 Å². The van der Waals surface area contributed by atoms with Gasteiger partial charge in [0.15, 0.2) is 5.69 Å². The molecule has 3 aromatic rings. The lowest BCUT2D eigenvalue weighted by Crippen LogP contribution is -2.18. The predicted octanol–water partition coefficient (Wildman–Crippen LogP) is 2.95. The molecule has 0 aromatic carbocycles. The maximum Gasteiger partial charge on any atom is 0.291 e. The number of nitrogens with zero attached hydrogens (tertiary/aromatic N) is 3. The number of hydrogen-bond acceptors (Lipinski definition) is 5. The predicted molar refractivity (Wildman–Crippen MR) is 86.2 cm³/mol. The van der Waals surface area contributed by atoms with Crippen LogP contribution in [0.2, 0.25) is 4.34 Å². The molecular formula is C14H10ClN5OS. The second-order valence-corrected chi connectivity index (χ2v) is 5.97. The molecule has 0 spiro atoms. The smallest absolute Gasteiger partial charge is 0.276 e. The highest BCUT2D eigenvalue weighted by atomic mass is 35.5. The van der Waals surface area contributed by atoms with Gasteiger partial charge in [0.1, 0.15) is 0 Å². The van der Waals surface area contributed by atoms with Crippen molar-refractivity contribution in [3.63, 3.8) is 0 Å². The molecule has 0 unspecified atom stereocenters. The van der Waals surface area contributed by atoms with E-state index >= 15 is 0 Å². The SMILES string of the molecule is O=C(N/N=C\c1cccnc1)c1cc(-c2ccc(Cl)s2)[nH]n1. The van der Waals surface area contributed by atoms with Crippen molar-refractivity contribution in [3.05, 3.63) is 58.3 Å². The number of hydrogen-bond donors (Lipinski definition) is 2. The van der Waals surface area contributed by atoms with Gasteiger partial charge < -0.3 is 0 Å². The van der Waals surface area contributed by atoms with E-state index in [-0.39, 0.29) is 5.69 Å². The van der Waals surface area contributed by atoms with Crippen LogP contribution in [0.3, 0.4) is 0 Å². The van der Waals surface area contributed by atoms with Crippen LogP contribution in [0.4, 0.5) is 0 Å². The molecule has 0 aliphatic heterocycles. The van der Waals surface area contributed by atoms with E-state index in [1.807, 2.05) is 12.1 Å². The van der Waals surface area contributed by atoms with Crippen molar-refractivity contribution in [2.45, 2.75) is 0 Å². The van der Waals surface area contributed by atoms with Crippen LogP contribution in [0, 0.1) is 0 Å². The highest BCUT2D eigenvalue weighted by molar-refractivity contribution is 7.19. The Bertz CT molecular complexity index is 812. The molecule has 2 N–H and O–H groups in total. The Morgan fingerprint density at radius 2 is 2.32 bits per heavy atom. The Morgan fingerprint density at radius 3 is 3.05 bits per heavy atom. The molecule has 0 saturated carbocycles. The Kier molecular flexibility index (Phi) is 4.27. The minimum atomic E-state index is -0.398. The first-order valence-electron chi connectivity index (χ1n) is 6.27. The van der Waals surface area contributed by atoms with Gasteiger partial charge in [-0.2, -0.15) is 10.2 Å². The average Bonchev–Trinajstić information content (AvgIpc) is 3.17. The van der Waals surface area contributed by atoms with Gasteiger partial charge in [-0.25, -0.2) is 5.43 Å². The fourth-order valence-corrected chi connectivity index (χ4v) is 2.71. The van der Waals surface area contributed by atoms with Crippen LogP contribution in [0.5, 0.6) is 0 Å². The molecule has 8 heteroatoms. The van der Waals surface area contributed by atoms with Crippen molar-refractivity contribution in [1.82, 2.24) is 20.6 Å². The largest absolute Gasteiger partial charge is 0.291 e. The summed E-state index contributed by atoms with van der Waals surface area (Å²) in [4.78, 5) is 16.8. The topological polar surface area (TPSA) is 83.0 Å². The first-order valence-corrected chi connectivity index (χ1v) is 7.46. The van der Waals surface area contributed by atoms with E-state index < -0.39 is 5.91 Å². The molecule has 0 aliphatic carbocycles. The van der Waals surface area contributed by atoms with Crippen molar-refractivity contribution in [3.8, 4) is 10.6 Å². The van der Waals surface area contributed by atoms with Crippen molar-refractivity contribution < 1.29 is 4.79 Å². The van der Waals surface area contributed by atoms with E-state index in [9.17, 15) is 4.79 Å². The number of rotatable bonds is 4. The van der Waals surface area contributed by atoms with Crippen molar-refractivity contribution in [1.29, 1.82) is 0 Å². The molecule has 6 nitrogen and oxygen atoms in total. The van der Waals surface area contributed by atoms with Gasteiger partial charge >= 0.3 is 0 Å². The summed E-state index contributed by atoms with van der Waals surface area (Å²) in [6, 6.07) is 8.92. The second-order valence-electron chi connectivity index (χ2n) is 4.26. The standard InChI is InChI=1S/C14H10ClN5OS/c15-13-4-3-12(22-13)10-6-11(19-18-10)14(21)20-17-8-9-2-1-5-16-7-9/h1-8H,(H,18,19)(H,20,21)/b17-8-. The zero-order valence-corrected chi connectivity index (χ0v) is 12.7. The van der Waals surface area contributed by atoms with Crippen molar-refractivity contribution >= 4 is 35.1 Å². The van der Waals surface area contributed by atoms with E-state index in [0.717, 1.165) is 16.1 Å². The lowest BCUT2D eigenvalue weighted by Gasteiger charge is -1.94. The van der Waals surface area contributed by atoms with E-state index in [1.165, 1.54) is 17.6 Å². The van der Waals surface area contributed by atoms with E-state index in [0.29, 0.717) is 4.34 Å². The van der Waals surface area contributed by atoms with Crippen LogP contribution in [-0.2, 0) is 0 Å². The zero-order valence-electron chi connectivity index (χ0n) is 11.2. The van der Waals surface area contributed by atoms with Gasteiger partial charge in [-0.3, -0.25) is 14.9 Å². The third kappa shape index (κ3) is 3.38. The van der Waals surface area contributed by atoms with Gasteiger partial charge in [-0.15, -0.1) is 11.3 Å². The molecule has 0 bridgehead atoms. The Labute approximate surface area is 134 Å². The summed E-state index contributed by atoms with van der Waals surface area (Å²) >= 11 is 7.29. The molecular weight excluding hydrogens is 322 g/mol. The molecule has 1 amide bonds. The van der Waals surface area contributed by atoms with Gasteiger partial charge in [0, 0.05) is 18.0 Å². The number of aromatic amines is 1. The van der Waals surface area contributed by atoms with Gasteiger partial charge in [-0.05, 0) is 24.3 Å². The first kappa shape index (κ1) is 14.4. The minimum Gasteiger partial charge on any atom is -0.276 e. The summed E-state index contributed by atoms with van der Waals surface area (Å²) < 4.78 is 0.677. The lowest BCUT2D eigenvalue weighted by molar-refractivity contribution is 0.0950. The lowest BCUT2D eigenvalue weighted by atomic mass is 10.3. The fraction of sp³-hybridized carbons (Fsp3) is 0. The number of carbonyl (C=O) groups is 1. The minimum absolute atomic E-state index is 0.253. The van der Waals surface area contributed by atoms with E-state index in [2.05, 4.69) is 25.7 Å². The van der Waals surface area contributed by atoms with Crippen LogP contribution in [0.1, 0.15) is 16.1 Å². The summed E-state index contributed by atoms with van der Waals surface area (Å²) in [7, 11) is 0. The number of pyridine rings is 1. The fourth-order valence-electron chi connectivity index (χ4n) is 1.70. The van der Waals surface area contributed by atoms with Gasteiger partial charge in [0.25, 0.3) is 5.91 Å². The quantitative estimate of drug-likeness (QED) is 0.569. The highest BCUT2D eigenvalue weighted by Crippen LogP contribution is 2.29. The van der Waals surface area contributed by atoms with Crippen LogP contribution in [0.25, 0.3) is 10.6 Å².